The summed E-state index contributed by atoms with van der Waals surface area (Å²) in [7, 11) is 0. The summed E-state index contributed by atoms with van der Waals surface area (Å²) in [4.78, 5) is 4.27. The van der Waals surface area contributed by atoms with E-state index in [2.05, 4.69) is 17.2 Å². The molecule has 0 radical (unpaired) electrons. The molecule has 0 bridgehead atoms. The van der Waals surface area contributed by atoms with Gasteiger partial charge in [-0.3, -0.25) is 0 Å². The third kappa shape index (κ3) is 3.65. The van der Waals surface area contributed by atoms with E-state index in [1.165, 1.54) is 12.1 Å². The van der Waals surface area contributed by atoms with E-state index in [1.54, 1.807) is 12.4 Å². The Morgan fingerprint density at radius 3 is 3.05 bits per heavy atom. The van der Waals surface area contributed by atoms with Gasteiger partial charge in [-0.1, -0.05) is 6.92 Å². The maximum atomic E-state index is 13.7. The van der Waals surface area contributed by atoms with Gasteiger partial charge in [0.15, 0.2) is 0 Å². The molecule has 0 amide bonds. The first-order chi connectivity index (χ1) is 9.72. The number of nitrogens with zero attached hydrogens (tertiary/aromatic N) is 3. The van der Waals surface area contributed by atoms with Crippen molar-refractivity contribution in [3.05, 3.63) is 53.4 Å². The Morgan fingerprint density at radius 2 is 2.30 bits per heavy atom. The molecule has 0 spiro atoms. The highest BCUT2D eigenvalue weighted by Gasteiger charge is 2.05. The molecule has 0 aliphatic heterocycles. The predicted molar refractivity (Wildman–Crippen MR) is 74.4 cm³/mol. The minimum absolute atomic E-state index is 0.302. The maximum absolute atomic E-state index is 13.7. The number of aromatic nitrogens is 2. The van der Waals surface area contributed by atoms with Gasteiger partial charge in [-0.2, -0.15) is 5.26 Å². The topological polar surface area (TPSA) is 53.6 Å². The minimum Gasteiger partial charge on any atom is -0.333 e. The molecular formula is C15H17FN4. The first-order valence-electron chi connectivity index (χ1n) is 6.63. The zero-order valence-electron chi connectivity index (χ0n) is 11.4. The number of nitrogens with one attached hydrogen (secondary N) is 1. The molecule has 0 saturated carbocycles. The number of hydrogen-bond acceptors (Lipinski definition) is 3. The van der Waals surface area contributed by atoms with Gasteiger partial charge in [0.2, 0.25) is 0 Å². The van der Waals surface area contributed by atoms with Crippen LogP contribution in [0.5, 0.6) is 0 Å². The van der Waals surface area contributed by atoms with E-state index in [9.17, 15) is 4.39 Å². The molecule has 4 nitrogen and oxygen atoms in total. The fourth-order valence-corrected chi connectivity index (χ4v) is 1.94. The third-order valence-corrected chi connectivity index (χ3v) is 2.95. The first-order valence-corrected chi connectivity index (χ1v) is 6.63. The van der Waals surface area contributed by atoms with Gasteiger partial charge in [0.25, 0.3) is 0 Å². The van der Waals surface area contributed by atoms with Crippen molar-refractivity contribution in [3.8, 4) is 6.07 Å². The average Bonchev–Trinajstić information content (AvgIpc) is 2.89. The number of benzene rings is 1. The predicted octanol–water partition coefficient (Wildman–Crippen LogP) is 2.44. The second-order valence-electron chi connectivity index (χ2n) is 4.63. The van der Waals surface area contributed by atoms with Gasteiger partial charge in [-0.25, -0.2) is 9.37 Å². The van der Waals surface area contributed by atoms with E-state index in [0.717, 1.165) is 18.7 Å². The van der Waals surface area contributed by atoms with E-state index in [1.807, 2.05) is 16.8 Å². The highest BCUT2D eigenvalue weighted by molar-refractivity contribution is 5.33. The Bertz CT molecular complexity index is 613. The van der Waals surface area contributed by atoms with E-state index in [-0.39, 0.29) is 5.82 Å². The van der Waals surface area contributed by atoms with Crippen molar-refractivity contribution in [2.24, 2.45) is 0 Å². The van der Waals surface area contributed by atoms with Gasteiger partial charge in [-0.05, 0) is 31.2 Å². The van der Waals surface area contributed by atoms with Gasteiger partial charge in [0.05, 0.1) is 30.2 Å². The molecule has 0 fully saturated rings. The molecular weight excluding hydrogens is 255 g/mol. The van der Waals surface area contributed by atoms with Crippen molar-refractivity contribution in [3.63, 3.8) is 0 Å². The zero-order chi connectivity index (χ0) is 14.4. The summed E-state index contributed by atoms with van der Waals surface area (Å²) in [5.74, 6) is -0.302. The van der Waals surface area contributed by atoms with Crippen LogP contribution in [0.4, 0.5) is 4.39 Å². The Balaban J connectivity index is 2.05. The van der Waals surface area contributed by atoms with Crippen LogP contribution < -0.4 is 5.32 Å². The van der Waals surface area contributed by atoms with Crippen LogP contribution in [0.15, 0.2) is 30.7 Å². The van der Waals surface area contributed by atoms with Crippen molar-refractivity contribution in [1.82, 2.24) is 14.9 Å². The molecule has 2 aromatic rings. The molecule has 0 aliphatic rings. The summed E-state index contributed by atoms with van der Waals surface area (Å²) >= 11 is 0. The molecule has 0 atom stereocenters. The van der Waals surface area contributed by atoms with Crippen LogP contribution in [0.2, 0.25) is 0 Å². The molecule has 0 unspecified atom stereocenters. The quantitative estimate of drug-likeness (QED) is 0.822. The lowest BCUT2D eigenvalue weighted by Crippen LogP contribution is -2.13. The third-order valence-electron chi connectivity index (χ3n) is 2.95. The molecule has 0 aliphatic carbocycles. The van der Waals surface area contributed by atoms with Crippen molar-refractivity contribution >= 4 is 0 Å². The molecule has 20 heavy (non-hydrogen) atoms. The normalized spacial score (nSPS) is 10.4. The van der Waals surface area contributed by atoms with Crippen molar-refractivity contribution < 1.29 is 4.39 Å². The summed E-state index contributed by atoms with van der Waals surface area (Å²) in [5, 5.41) is 12.1. The fourth-order valence-electron chi connectivity index (χ4n) is 1.94. The number of hydrogen-bond donors (Lipinski definition) is 1. The molecule has 1 N–H and O–H groups in total. The smallest absolute Gasteiger partial charge is 0.128 e. The summed E-state index contributed by atoms with van der Waals surface area (Å²) in [6, 6.07) is 6.40. The molecule has 5 heteroatoms. The molecule has 2 rings (SSSR count). The van der Waals surface area contributed by atoms with E-state index < -0.39 is 0 Å². The van der Waals surface area contributed by atoms with Crippen LogP contribution in [0.25, 0.3) is 0 Å². The Morgan fingerprint density at radius 1 is 1.45 bits per heavy atom. The van der Waals surface area contributed by atoms with Crippen LogP contribution in [-0.4, -0.2) is 16.1 Å². The second kappa shape index (κ2) is 6.83. The Kier molecular flexibility index (Phi) is 4.85. The SMILES string of the molecule is CCCNCc1cn(Cc2cc(C#N)ccc2F)cn1. The fraction of sp³-hybridized carbons (Fsp3) is 0.333. The van der Waals surface area contributed by atoms with Crippen molar-refractivity contribution in [2.75, 3.05) is 6.54 Å². The maximum Gasteiger partial charge on any atom is 0.128 e. The van der Waals surface area contributed by atoms with Crippen molar-refractivity contribution in [1.29, 1.82) is 5.26 Å². The standard InChI is InChI=1S/C15H17FN4/c1-2-5-18-8-14-10-20(11-19-14)9-13-6-12(7-17)3-4-15(13)16/h3-4,6,10-11,18H,2,5,8-9H2,1H3. The van der Waals surface area contributed by atoms with Gasteiger partial charge >= 0.3 is 0 Å². The molecule has 1 aromatic heterocycles. The average molecular weight is 272 g/mol. The monoisotopic (exact) mass is 272 g/mol. The summed E-state index contributed by atoms with van der Waals surface area (Å²) in [6.45, 7) is 4.14. The highest BCUT2D eigenvalue weighted by Crippen LogP contribution is 2.12. The van der Waals surface area contributed by atoms with E-state index in [0.29, 0.717) is 24.2 Å². The number of rotatable bonds is 6. The van der Waals surface area contributed by atoms with Crippen molar-refractivity contribution in [2.45, 2.75) is 26.4 Å². The molecule has 0 saturated heterocycles. The Hall–Kier alpha value is -2.19. The zero-order valence-corrected chi connectivity index (χ0v) is 11.4. The second-order valence-corrected chi connectivity index (χ2v) is 4.63. The van der Waals surface area contributed by atoms with Crippen LogP contribution in [0, 0.1) is 17.1 Å². The Labute approximate surface area is 117 Å². The number of imidazole rings is 1. The first kappa shape index (κ1) is 14.2. The lowest BCUT2D eigenvalue weighted by atomic mass is 10.1. The molecule has 104 valence electrons. The van der Waals surface area contributed by atoms with Crippen LogP contribution in [0.3, 0.4) is 0 Å². The van der Waals surface area contributed by atoms with Crippen LogP contribution >= 0.6 is 0 Å². The summed E-state index contributed by atoms with van der Waals surface area (Å²) in [5.41, 5.74) is 1.89. The van der Waals surface area contributed by atoms with Crippen LogP contribution in [0.1, 0.15) is 30.2 Å². The number of halogens is 1. The largest absolute Gasteiger partial charge is 0.333 e. The lowest BCUT2D eigenvalue weighted by Gasteiger charge is -2.04. The van der Waals surface area contributed by atoms with Crippen LogP contribution in [-0.2, 0) is 13.1 Å². The number of nitriles is 1. The lowest BCUT2D eigenvalue weighted by molar-refractivity contribution is 0.599. The van der Waals surface area contributed by atoms with E-state index in [4.69, 9.17) is 5.26 Å². The summed E-state index contributed by atoms with van der Waals surface area (Å²) in [6.07, 6.45) is 4.65. The van der Waals surface area contributed by atoms with Gasteiger partial charge in [0.1, 0.15) is 5.82 Å². The summed E-state index contributed by atoms with van der Waals surface area (Å²) < 4.78 is 15.5. The molecule has 1 aromatic carbocycles. The highest BCUT2D eigenvalue weighted by atomic mass is 19.1. The van der Waals surface area contributed by atoms with Gasteiger partial charge < -0.3 is 9.88 Å². The van der Waals surface area contributed by atoms with Gasteiger partial charge in [-0.15, -0.1) is 0 Å². The minimum atomic E-state index is -0.302. The van der Waals surface area contributed by atoms with E-state index >= 15 is 0 Å². The molecule has 1 heterocycles. The van der Waals surface area contributed by atoms with Gasteiger partial charge in [0, 0.05) is 18.3 Å².